The maximum atomic E-state index is 9.58. The molecule has 1 saturated carbocycles. The summed E-state index contributed by atoms with van der Waals surface area (Å²) >= 11 is 1.48. The number of nitrogens with one attached hydrogen (secondary N) is 3. The van der Waals surface area contributed by atoms with Gasteiger partial charge in [-0.3, -0.25) is 0 Å². The van der Waals surface area contributed by atoms with Crippen LogP contribution in [-0.4, -0.2) is 28.0 Å². The first-order chi connectivity index (χ1) is 11.7. The lowest BCUT2D eigenvalue weighted by molar-refractivity contribution is 0.460. The second kappa shape index (κ2) is 7.53. The molecule has 0 spiro atoms. The molecule has 0 saturated heterocycles. The first-order valence-corrected chi connectivity index (χ1v) is 9.03. The summed E-state index contributed by atoms with van der Waals surface area (Å²) in [7, 11) is 1.76. The molecule has 1 aliphatic heterocycles. The number of allylic oxidation sites excluding steroid dienone is 2. The van der Waals surface area contributed by atoms with Crippen LogP contribution in [0.5, 0.6) is 0 Å². The van der Waals surface area contributed by atoms with E-state index < -0.39 is 0 Å². The maximum Gasteiger partial charge on any atom is 0.228 e. The highest BCUT2D eigenvalue weighted by molar-refractivity contribution is 8.06. The minimum Gasteiger partial charge on any atom is -0.357 e. The number of thioether (sulfide) groups is 1. The van der Waals surface area contributed by atoms with Crippen LogP contribution in [0.15, 0.2) is 16.1 Å². The number of aromatic nitrogens is 3. The summed E-state index contributed by atoms with van der Waals surface area (Å²) in [4.78, 5) is 13.2. The number of nitriles is 1. The molecule has 126 valence electrons. The van der Waals surface area contributed by atoms with Gasteiger partial charge in [0.15, 0.2) is 5.82 Å². The van der Waals surface area contributed by atoms with E-state index in [2.05, 4.69) is 37.0 Å². The van der Waals surface area contributed by atoms with Gasteiger partial charge in [-0.05, 0) is 25.2 Å². The maximum absolute atomic E-state index is 9.58. The van der Waals surface area contributed by atoms with Crippen LogP contribution in [-0.2, 0) is 0 Å². The van der Waals surface area contributed by atoms with Gasteiger partial charge in [0.25, 0.3) is 0 Å². The Morgan fingerprint density at radius 2 is 2.00 bits per heavy atom. The van der Waals surface area contributed by atoms with E-state index in [1.807, 2.05) is 12.3 Å². The molecule has 8 heteroatoms. The molecule has 3 N–H and O–H groups in total. The average Bonchev–Trinajstić information content (AvgIpc) is 3.02. The van der Waals surface area contributed by atoms with Gasteiger partial charge in [0.2, 0.25) is 11.9 Å². The van der Waals surface area contributed by atoms with Crippen LogP contribution in [0, 0.1) is 11.3 Å². The molecule has 1 aromatic rings. The molecule has 3 rings (SSSR count). The minimum absolute atomic E-state index is 0.383. The molecular formula is C16H21N7S. The van der Waals surface area contributed by atoms with E-state index in [-0.39, 0.29) is 0 Å². The third kappa shape index (κ3) is 3.79. The standard InChI is InChI=1S/C16H21N7S/c1-10-9-24-14(19-10)12(8-17)13-21-15(18-2)23-16(22-13)20-11-6-4-3-5-7-11/h9,11,19H,3-7H2,1-2H3,(H2,18,20,21,22,23). The number of nitrogens with zero attached hydrogens (tertiary/aromatic N) is 4. The van der Waals surface area contributed by atoms with Gasteiger partial charge in [0.1, 0.15) is 11.6 Å². The molecule has 1 aliphatic carbocycles. The quantitative estimate of drug-likeness (QED) is 0.718. The molecule has 7 nitrogen and oxygen atoms in total. The largest absolute Gasteiger partial charge is 0.357 e. The topological polar surface area (TPSA) is 98.5 Å². The number of anilines is 2. The summed E-state index contributed by atoms with van der Waals surface area (Å²) in [5.41, 5.74) is 1.44. The molecule has 0 radical (unpaired) electrons. The van der Waals surface area contributed by atoms with Gasteiger partial charge in [-0.2, -0.15) is 20.2 Å². The van der Waals surface area contributed by atoms with Crippen LogP contribution < -0.4 is 16.0 Å². The normalized spacial score (nSPS) is 20.0. The molecule has 0 unspecified atom stereocenters. The van der Waals surface area contributed by atoms with Crippen molar-refractivity contribution in [2.45, 2.75) is 45.1 Å². The van der Waals surface area contributed by atoms with Gasteiger partial charge in [-0.25, -0.2) is 0 Å². The summed E-state index contributed by atoms with van der Waals surface area (Å²) in [5.74, 6) is 1.37. The average molecular weight is 343 g/mol. The molecule has 0 amide bonds. The first-order valence-electron chi connectivity index (χ1n) is 8.15. The Balaban J connectivity index is 1.90. The fourth-order valence-electron chi connectivity index (χ4n) is 2.80. The summed E-state index contributed by atoms with van der Waals surface area (Å²) in [5, 5.41) is 21.8. The third-order valence-electron chi connectivity index (χ3n) is 4.02. The monoisotopic (exact) mass is 343 g/mol. The zero-order chi connectivity index (χ0) is 16.9. The predicted octanol–water partition coefficient (Wildman–Crippen LogP) is 3.05. The molecule has 0 atom stereocenters. The second-order valence-electron chi connectivity index (χ2n) is 5.90. The van der Waals surface area contributed by atoms with E-state index >= 15 is 0 Å². The lowest BCUT2D eigenvalue weighted by Crippen LogP contribution is -2.24. The molecule has 0 aromatic carbocycles. The lowest BCUT2D eigenvalue weighted by Gasteiger charge is -2.22. The Kier molecular flexibility index (Phi) is 5.20. The smallest absolute Gasteiger partial charge is 0.228 e. The second-order valence-corrected chi connectivity index (χ2v) is 6.77. The first kappa shape index (κ1) is 16.6. The molecule has 2 aliphatic rings. The van der Waals surface area contributed by atoms with Crippen molar-refractivity contribution in [2.24, 2.45) is 0 Å². The van der Waals surface area contributed by atoms with Crippen molar-refractivity contribution < 1.29 is 0 Å². The molecule has 1 fully saturated rings. The molecule has 1 aromatic heterocycles. The number of hydrogen-bond acceptors (Lipinski definition) is 8. The molecule has 2 heterocycles. The van der Waals surface area contributed by atoms with Gasteiger partial charge in [-0.15, -0.1) is 0 Å². The van der Waals surface area contributed by atoms with Crippen molar-refractivity contribution in [3.63, 3.8) is 0 Å². The SMILES string of the molecule is CNc1nc(NC2CCCCC2)nc(C(C#N)=C2NC(C)=CS2)n1. The highest BCUT2D eigenvalue weighted by Gasteiger charge is 2.20. The van der Waals surface area contributed by atoms with E-state index in [0.717, 1.165) is 23.6 Å². The fourth-order valence-corrected chi connectivity index (χ4v) is 3.63. The van der Waals surface area contributed by atoms with Crippen LogP contribution in [0.4, 0.5) is 11.9 Å². The van der Waals surface area contributed by atoms with Gasteiger partial charge < -0.3 is 16.0 Å². The highest BCUT2D eigenvalue weighted by Crippen LogP contribution is 2.30. The molecular weight excluding hydrogens is 322 g/mol. The van der Waals surface area contributed by atoms with Crippen molar-refractivity contribution in [3.05, 3.63) is 22.0 Å². The van der Waals surface area contributed by atoms with Crippen molar-refractivity contribution in [1.29, 1.82) is 5.26 Å². The zero-order valence-corrected chi connectivity index (χ0v) is 14.7. The van der Waals surface area contributed by atoms with Gasteiger partial charge >= 0.3 is 0 Å². The zero-order valence-electron chi connectivity index (χ0n) is 13.9. The molecule has 0 bridgehead atoms. The van der Waals surface area contributed by atoms with Crippen molar-refractivity contribution in [1.82, 2.24) is 20.3 Å². The Hall–Kier alpha value is -2.27. The summed E-state index contributed by atoms with van der Waals surface area (Å²) in [6.07, 6.45) is 6.01. The van der Waals surface area contributed by atoms with Crippen molar-refractivity contribution >= 4 is 29.2 Å². The van der Waals surface area contributed by atoms with E-state index in [1.54, 1.807) is 7.05 Å². The van der Waals surface area contributed by atoms with Crippen LogP contribution in [0.25, 0.3) is 5.57 Å². The summed E-state index contributed by atoms with van der Waals surface area (Å²) in [6, 6.07) is 2.61. The van der Waals surface area contributed by atoms with Crippen LogP contribution in [0.1, 0.15) is 44.9 Å². The lowest BCUT2D eigenvalue weighted by atomic mass is 9.96. The van der Waals surface area contributed by atoms with Crippen LogP contribution >= 0.6 is 11.8 Å². The number of hydrogen-bond donors (Lipinski definition) is 3. The van der Waals surface area contributed by atoms with Crippen molar-refractivity contribution in [3.8, 4) is 6.07 Å². The van der Waals surface area contributed by atoms with E-state index in [1.165, 1.54) is 31.0 Å². The van der Waals surface area contributed by atoms with Crippen molar-refractivity contribution in [2.75, 3.05) is 17.7 Å². The van der Waals surface area contributed by atoms with E-state index in [9.17, 15) is 5.26 Å². The Morgan fingerprint density at radius 3 is 2.62 bits per heavy atom. The van der Waals surface area contributed by atoms with Crippen LogP contribution in [0.2, 0.25) is 0 Å². The predicted molar refractivity (Wildman–Crippen MR) is 96.9 cm³/mol. The van der Waals surface area contributed by atoms with Gasteiger partial charge in [-0.1, -0.05) is 31.0 Å². The van der Waals surface area contributed by atoms with Gasteiger partial charge in [0, 0.05) is 18.8 Å². The summed E-state index contributed by atoms with van der Waals surface area (Å²) < 4.78 is 0. The minimum atomic E-state index is 0.383. The van der Waals surface area contributed by atoms with E-state index in [0.29, 0.717) is 29.3 Å². The third-order valence-corrected chi connectivity index (χ3v) is 5.04. The fraction of sp³-hybridized carbons (Fsp3) is 0.500. The Morgan fingerprint density at radius 1 is 1.25 bits per heavy atom. The van der Waals surface area contributed by atoms with Gasteiger partial charge in [0.05, 0.1) is 5.03 Å². The summed E-state index contributed by atoms with van der Waals surface area (Å²) in [6.45, 7) is 1.96. The molecule has 24 heavy (non-hydrogen) atoms. The number of rotatable bonds is 4. The van der Waals surface area contributed by atoms with E-state index in [4.69, 9.17) is 0 Å². The Labute approximate surface area is 146 Å². The van der Waals surface area contributed by atoms with Crippen LogP contribution in [0.3, 0.4) is 0 Å². The highest BCUT2D eigenvalue weighted by atomic mass is 32.2. The Bertz CT molecular complexity index is 714.